The van der Waals surface area contributed by atoms with E-state index in [1.807, 2.05) is 30.3 Å². The second kappa shape index (κ2) is 6.29. The first-order valence-electron chi connectivity index (χ1n) is 6.34. The molecule has 1 heterocycles. The zero-order valence-corrected chi connectivity index (χ0v) is 10.7. The molecule has 0 bridgehead atoms. The van der Waals surface area contributed by atoms with Crippen LogP contribution in [0.15, 0.2) is 30.3 Å². The minimum atomic E-state index is -1.13. The fourth-order valence-corrected chi connectivity index (χ4v) is 1.99. The predicted molar refractivity (Wildman–Crippen MR) is 66.5 cm³/mol. The van der Waals surface area contributed by atoms with E-state index in [2.05, 4.69) is 0 Å². The normalized spacial score (nSPS) is 27.6. The second-order valence-corrected chi connectivity index (χ2v) is 4.86. The Balaban J connectivity index is 1.54. The van der Waals surface area contributed by atoms with Crippen molar-refractivity contribution in [2.75, 3.05) is 6.61 Å². The van der Waals surface area contributed by atoms with Crippen molar-refractivity contribution >= 4 is 0 Å². The highest BCUT2D eigenvalue weighted by Crippen LogP contribution is 2.27. The Morgan fingerprint density at radius 2 is 2.17 bits per heavy atom. The second-order valence-electron chi connectivity index (χ2n) is 4.86. The van der Waals surface area contributed by atoms with Gasteiger partial charge in [0.15, 0.2) is 5.79 Å². The van der Waals surface area contributed by atoms with Crippen LogP contribution in [0.3, 0.4) is 0 Å². The van der Waals surface area contributed by atoms with Crippen LogP contribution in [0.5, 0.6) is 0 Å². The van der Waals surface area contributed by atoms with Gasteiger partial charge < -0.3 is 9.84 Å². The first kappa shape index (κ1) is 13.5. The smallest absolute Gasteiger partial charge is 0.198 e. The molecule has 2 rings (SSSR count). The number of rotatable bonds is 6. The monoisotopic (exact) mass is 252 g/mol. The van der Waals surface area contributed by atoms with Gasteiger partial charge in [-0.2, -0.15) is 0 Å². The van der Waals surface area contributed by atoms with E-state index in [1.165, 1.54) is 5.56 Å². The topological polar surface area (TPSA) is 47.9 Å². The molecule has 2 atom stereocenters. The van der Waals surface area contributed by atoms with Crippen LogP contribution in [0.4, 0.5) is 0 Å². The number of hydrogen-bond donors (Lipinski definition) is 1. The first-order valence-corrected chi connectivity index (χ1v) is 6.34. The molecule has 0 radical (unpaired) electrons. The van der Waals surface area contributed by atoms with Gasteiger partial charge in [0.1, 0.15) is 0 Å². The third-order valence-electron chi connectivity index (χ3n) is 2.90. The summed E-state index contributed by atoms with van der Waals surface area (Å²) in [5.74, 6) is -1.13. The molecular weight excluding hydrogens is 232 g/mol. The van der Waals surface area contributed by atoms with Gasteiger partial charge in [-0.25, -0.2) is 9.78 Å². The van der Waals surface area contributed by atoms with Crippen LogP contribution >= 0.6 is 0 Å². The SMILES string of the molecule is CC1(O)C[C@@H](CCCOCc2ccccc2)OO1. The van der Waals surface area contributed by atoms with Crippen molar-refractivity contribution < 1.29 is 19.6 Å². The Bertz CT molecular complexity index is 350. The van der Waals surface area contributed by atoms with E-state index in [1.54, 1.807) is 6.92 Å². The van der Waals surface area contributed by atoms with Crippen molar-refractivity contribution in [2.24, 2.45) is 0 Å². The van der Waals surface area contributed by atoms with Gasteiger partial charge in [-0.1, -0.05) is 30.3 Å². The number of aliphatic hydroxyl groups is 1. The molecule has 1 N–H and O–H groups in total. The Kier molecular flexibility index (Phi) is 4.72. The molecule has 0 aliphatic carbocycles. The molecule has 1 aromatic carbocycles. The Morgan fingerprint density at radius 3 is 2.83 bits per heavy atom. The highest BCUT2D eigenvalue weighted by molar-refractivity contribution is 5.13. The zero-order valence-electron chi connectivity index (χ0n) is 10.7. The third-order valence-corrected chi connectivity index (χ3v) is 2.90. The average molecular weight is 252 g/mol. The molecule has 1 unspecified atom stereocenters. The summed E-state index contributed by atoms with van der Waals surface area (Å²) in [4.78, 5) is 9.82. The number of ether oxygens (including phenoxy) is 1. The van der Waals surface area contributed by atoms with Gasteiger partial charge in [-0.15, -0.1) is 0 Å². The quantitative estimate of drug-likeness (QED) is 0.624. The summed E-state index contributed by atoms with van der Waals surface area (Å²) in [6.07, 6.45) is 2.23. The van der Waals surface area contributed by atoms with Gasteiger partial charge in [0.05, 0.1) is 12.7 Å². The van der Waals surface area contributed by atoms with Gasteiger partial charge in [-0.05, 0) is 25.3 Å². The summed E-state index contributed by atoms with van der Waals surface area (Å²) >= 11 is 0. The van der Waals surface area contributed by atoms with E-state index in [9.17, 15) is 5.11 Å². The van der Waals surface area contributed by atoms with Crippen LogP contribution in [0.25, 0.3) is 0 Å². The molecule has 1 saturated heterocycles. The molecule has 4 heteroatoms. The van der Waals surface area contributed by atoms with Crippen molar-refractivity contribution in [3.8, 4) is 0 Å². The van der Waals surface area contributed by atoms with Gasteiger partial charge in [0, 0.05) is 13.0 Å². The Labute approximate surface area is 107 Å². The zero-order chi connectivity index (χ0) is 12.8. The first-order chi connectivity index (χ1) is 8.66. The largest absolute Gasteiger partial charge is 0.377 e. The van der Waals surface area contributed by atoms with Crippen LogP contribution in [0.2, 0.25) is 0 Å². The third kappa shape index (κ3) is 4.38. The lowest BCUT2D eigenvalue weighted by atomic mass is 10.1. The maximum atomic E-state index is 9.54. The molecule has 4 nitrogen and oxygen atoms in total. The summed E-state index contributed by atoms with van der Waals surface area (Å²) in [5.41, 5.74) is 1.18. The molecule has 18 heavy (non-hydrogen) atoms. The van der Waals surface area contributed by atoms with E-state index >= 15 is 0 Å². The number of hydrogen-bond acceptors (Lipinski definition) is 4. The maximum absolute atomic E-state index is 9.54. The molecule has 0 aromatic heterocycles. The van der Waals surface area contributed by atoms with Crippen molar-refractivity contribution in [2.45, 2.75) is 44.7 Å². The van der Waals surface area contributed by atoms with Crippen LogP contribution in [-0.2, 0) is 21.1 Å². The highest BCUT2D eigenvalue weighted by atomic mass is 17.2. The molecule has 1 fully saturated rings. The van der Waals surface area contributed by atoms with Crippen molar-refractivity contribution in [3.05, 3.63) is 35.9 Å². The van der Waals surface area contributed by atoms with E-state index in [4.69, 9.17) is 14.5 Å². The average Bonchev–Trinajstić information content (AvgIpc) is 2.70. The van der Waals surface area contributed by atoms with Crippen molar-refractivity contribution in [1.82, 2.24) is 0 Å². The molecular formula is C14H20O4. The molecule has 100 valence electrons. The van der Waals surface area contributed by atoms with Crippen molar-refractivity contribution in [3.63, 3.8) is 0 Å². The molecule has 1 aromatic rings. The minimum Gasteiger partial charge on any atom is -0.377 e. The summed E-state index contributed by atoms with van der Waals surface area (Å²) < 4.78 is 5.57. The van der Waals surface area contributed by atoms with Crippen LogP contribution in [0, 0.1) is 0 Å². The van der Waals surface area contributed by atoms with E-state index in [0.717, 1.165) is 12.8 Å². The molecule has 0 amide bonds. The lowest BCUT2D eigenvalue weighted by molar-refractivity contribution is -0.372. The van der Waals surface area contributed by atoms with Crippen molar-refractivity contribution in [1.29, 1.82) is 0 Å². The van der Waals surface area contributed by atoms with Crippen LogP contribution in [-0.4, -0.2) is 23.6 Å². The Hall–Kier alpha value is -0.940. The van der Waals surface area contributed by atoms with Gasteiger partial charge in [0.25, 0.3) is 0 Å². The summed E-state index contributed by atoms with van der Waals surface area (Å²) in [6, 6.07) is 10.1. The standard InChI is InChI=1S/C14H20O4/c1-14(15)10-13(17-18-14)8-5-9-16-11-12-6-3-2-4-7-12/h2-4,6-7,13,15H,5,8-11H2,1H3/t13-,14?/m1/s1. The van der Waals surface area contributed by atoms with E-state index in [0.29, 0.717) is 19.6 Å². The number of benzene rings is 1. The van der Waals surface area contributed by atoms with Gasteiger partial charge >= 0.3 is 0 Å². The lowest BCUT2D eigenvalue weighted by Crippen LogP contribution is -2.22. The van der Waals surface area contributed by atoms with Crippen LogP contribution < -0.4 is 0 Å². The molecule has 0 spiro atoms. The fraction of sp³-hybridized carbons (Fsp3) is 0.571. The van der Waals surface area contributed by atoms with E-state index < -0.39 is 5.79 Å². The molecule has 0 saturated carbocycles. The lowest BCUT2D eigenvalue weighted by Gasteiger charge is -2.10. The predicted octanol–water partition coefficient (Wildman–Crippen LogP) is 2.41. The maximum Gasteiger partial charge on any atom is 0.198 e. The highest BCUT2D eigenvalue weighted by Gasteiger charge is 2.35. The van der Waals surface area contributed by atoms with Gasteiger partial charge in [-0.3, -0.25) is 0 Å². The minimum absolute atomic E-state index is 0.0275. The summed E-state index contributed by atoms with van der Waals surface area (Å²) in [7, 11) is 0. The molecule has 1 aliphatic rings. The molecule has 1 aliphatic heterocycles. The van der Waals surface area contributed by atoms with Gasteiger partial charge in [0.2, 0.25) is 0 Å². The summed E-state index contributed by atoms with van der Waals surface area (Å²) in [6.45, 7) is 2.94. The Morgan fingerprint density at radius 1 is 1.39 bits per heavy atom. The van der Waals surface area contributed by atoms with Crippen LogP contribution in [0.1, 0.15) is 31.7 Å². The van der Waals surface area contributed by atoms with E-state index in [-0.39, 0.29) is 6.10 Å². The fourth-order valence-electron chi connectivity index (χ4n) is 1.99. The summed E-state index contributed by atoms with van der Waals surface area (Å²) in [5, 5.41) is 9.54.